The number of halogens is 4. The fraction of sp³-hybridized carbons (Fsp3) is 0.0476. The number of rotatable bonds is 5. The summed E-state index contributed by atoms with van der Waals surface area (Å²) < 4.78 is 60.1. The van der Waals surface area contributed by atoms with Gasteiger partial charge in [-0.25, -0.2) is 9.37 Å². The van der Waals surface area contributed by atoms with Gasteiger partial charge >= 0.3 is 6.36 Å². The predicted octanol–water partition coefficient (Wildman–Crippen LogP) is 6.01. The molecule has 0 aliphatic rings. The topological polar surface area (TPSA) is 83.0 Å². The van der Waals surface area contributed by atoms with Crippen molar-refractivity contribution >= 4 is 22.4 Å². The van der Waals surface area contributed by atoms with E-state index in [1.807, 2.05) is 30.3 Å². The fourth-order valence-corrected chi connectivity index (χ4v) is 2.85. The molecule has 2 aromatic carbocycles. The van der Waals surface area contributed by atoms with E-state index in [2.05, 4.69) is 20.0 Å². The molecule has 2 N–H and O–H groups in total. The van der Waals surface area contributed by atoms with Crippen LogP contribution >= 0.6 is 0 Å². The second-order valence-corrected chi connectivity index (χ2v) is 6.33. The Morgan fingerprint density at radius 2 is 1.84 bits per heavy atom. The Hall–Kier alpha value is -4.26. The molecular formula is C21H12F4N4O2. The normalized spacial score (nSPS) is 11.2. The number of pyridine rings is 1. The summed E-state index contributed by atoms with van der Waals surface area (Å²) >= 11 is 0. The molecule has 0 bridgehead atoms. The molecule has 0 saturated carbocycles. The molecule has 2 heterocycles. The monoisotopic (exact) mass is 428 g/mol. The Morgan fingerprint density at radius 1 is 1.00 bits per heavy atom. The SMILES string of the molecule is N#Cc1cc(Oc2ccc(F)c(OC(F)(F)F)c2)cc(Nc2ccc3cc[nH]c3c2)n1. The van der Waals surface area contributed by atoms with Crippen LogP contribution in [0.4, 0.5) is 29.1 Å². The van der Waals surface area contributed by atoms with Crippen LogP contribution in [0.2, 0.25) is 0 Å². The minimum atomic E-state index is -5.05. The number of fused-ring (bicyclic) bond motifs is 1. The summed E-state index contributed by atoms with van der Waals surface area (Å²) in [5, 5.41) is 13.3. The summed E-state index contributed by atoms with van der Waals surface area (Å²) in [5.41, 5.74) is 1.59. The average molecular weight is 428 g/mol. The molecule has 4 aromatic rings. The van der Waals surface area contributed by atoms with Crippen molar-refractivity contribution in [2.75, 3.05) is 5.32 Å². The number of nitrogens with one attached hydrogen (secondary N) is 2. The number of aromatic nitrogens is 2. The Kier molecular flexibility index (Phi) is 5.09. The molecule has 0 amide bonds. The maximum Gasteiger partial charge on any atom is 0.573 e. The molecule has 0 unspecified atom stereocenters. The smallest absolute Gasteiger partial charge is 0.457 e. The third-order valence-corrected chi connectivity index (χ3v) is 4.10. The van der Waals surface area contributed by atoms with Crippen molar-refractivity contribution in [1.82, 2.24) is 9.97 Å². The van der Waals surface area contributed by atoms with Gasteiger partial charge in [-0.05, 0) is 35.7 Å². The zero-order valence-corrected chi connectivity index (χ0v) is 15.5. The van der Waals surface area contributed by atoms with E-state index >= 15 is 0 Å². The molecule has 156 valence electrons. The number of nitriles is 1. The van der Waals surface area contributed by atoms with Crippen LogP contribution in [0.3, 0.4) is 0 Å². The summed E-state index contributed by atoms with van der Waals surface area (Å²) in [5.74, 6) is -1.96. The lowest BCUT2D eigenvalue weighted by molar-refractivity contribution is -0.275. The van der Waals surface area contributed by atoms with Crippen LogP contribution in [0.15, 0.2) is 60.8 Å². The van der Waals surface area contributed by atoms with Crippen molar-refractivity contribution in [3.63, 3.8) is 0 Å². The lowest BCUT2D eigenvalue weighted by Gasteiger charge is -2.13. The van der Waals surface area contributed by atoms with Crippen LogP contribution in [-0.4, -0.2) is 16.3 Å². The number of hydrogen-bond acceptors (Lipinski definition) is 5. The van der Waals surface area contributed by atoms with Gasteiger partial charge in [-0.1, -0.05) is 6.07 Å². The maximum absolute atomic E-state index is 13.6. The second-order valence-electron chi connectivity index (χ2n) is 6.33. The van der Waals surface area contributed by atoms with Crippen molar-refractivity contribution in [1.29, 1.82) is 5.26 Å². The first-order valence-electron chi connectivity index (χ1n) is 8.78. The summed E-state index contributed by atoms with van der Waals surface area (Å²) in [6.07, 6.45) is -3.25. The second kappa shape index (κ2) is 7.87. The molecule has 0 fully saturated rings. The summed E-state index contributed by atoms with van der Waals surface area (Å²) in [4.78, 5) is 7.22. The van der Waals surface area contributed by atoms with E-state index < -0.39 is 17.9 Å². The molecular weight excluding hydrogens is 416 g/mol. The lowest BCUT2D eigenvalue weighted by atomic mass is 10.2. The molecule has 6 nitrogen and oxygen atoms in total. The molecule has 0 spiro atoms. The van der Waals surface area contributed by atoms with Gasteiger partial charge in [0.1, 0.15) is 29.1 Å². The van der Waals surface area contributed by atoms with Crippen LogP contribution in [-0.2, 0) is 0 Å². The van der Waals surface area contributed by atoms with Gasteiger partial charge in [0, 0.05) is 35.6 Å². The van der Waals surface area contributed by atoms with Gasteiger partial charge in [-0.3, -0.25) is 0 Å². The molecule has 2 aromatic heterocycles. The molecule has 0 atom stereocenters. The molecule has 31 heavy (non-hydrogen) atoms. The van der Waals surface area contributed by atoms with E-state index in [0.717, 1.165) is 29.1 Å². The zero-order chi connectivity index (χ0) is 22.0. The third kappa shape index (κ3) is 4.84. The molecule has 10 heteroatoms. The standard InChI is InChI=1S/C21H12F4N4O2/c22-17-4-3-15(9-19(17)31-21(23,24)25)30-16-7-14(11-26)29-20(10-16)28-13-2-1-12-5-6-27-18(12)8-13/h1-10,27H,(H,28,29). The number of alkyl halides is 3. The van der Waals surface area contributed by atoms with Gasteiger partial charge in [-0.15, -0.1) is 13.2 Å². The van der Waals surface area contributed by atoms with Crippen molar-refractivity contribution in [3.05, 3.63) is 72.3 Å². The fourth-order valence-electron chi connectivity index (χ4n) is 2.85. The highest BCUT2D eigenvalue weighted by Crippen LogP contribution is 2.32. The minimum absolute atomic E-state index is 0.00910. The number of H-pyrrole nitrogens is 1. The number of aromatic amines is 1. The minimum Gasteiger partial charge on any atom is -0.457 e. The maximum atomic E-state index is 13.6. The first-order valence-corrected chi connectivity index (χ1v) is 8.78. The summed E-state index contributed by atoms with van der Waals surface area (Å²) in [6.45, 7) is 0. The van der Waals surface area contributed by atoms with Crippen LogP contribution in [0, 0.1) is 17.1 Å². The molecule has 0 saturated heterocycles. The number of benzene rings is 2. The molecule has 4 rings (SSSR count). The van der Waals surface area contributed by atoms with Gasteiger partial charge in [0.25, 0.3) is 0 Å². The van der Waals surface area contributed by atoms with E-state index in [4.69, 9.17) is 4.74 Å². The first kappa shape index (κ1) is 20.0. The van der Waals surface area contributed by atoms with Gasteiger partial charge in [0.05, 0.1) is 0 Å². The van der Waals surface area contributed by atoms with Crippen LogP contribution in [0.25, 0.3) is 10.9 Å². The Labute approximate surface area is 172 Å². The molecule has 0 aliphatic carbocycles. The number of nitrogens with zero attached hydrogens (tertiary/aromatic N) is 2. The van der Waals surface area contributed by atoms with Crippen LogP contribution < -0.4 is 14.8 Å². The Balaban J connectivity index is 1.60. The van der Waals surface area contributed by atoms with E-state index in [9.17, 15) is 22.8 Å². The quantitative estimate of drug-likeness (QED) is 0.381. The van der Waals surface area contributed by atoms with Gasteiger partial charge in [0.15, 0.2) is 11.6 Å². The predicted molar refractivity (Wildman–Crippen MR) is 104 cm³/mol. The number of ether oxygens (including phenoxy) is 2. The van der Waals surface area contributed by atoms with Crippen molar-refractivity contribution in [2.24, 2.45) is 0 Å². The van der Waals surface area contributed by atoms with Crippen LogP contribution in [0.5, 0.6) is 17.2 Å². The van der Waals surface area contributed by atoms with E-state index in [0.29, 0.717) is 5.69 Å². The van der Waals surface area contributed by atoms with Crippen LogP contribution in [0.1, 0.15) is 5.69 Å². The molecule has 0 radical (unpaired) electrons. The Morgan fingerprint density at radius 3 is 2.61 bits per heavy atom. The van der Waals surface area contributed by atoms with E-state index in [1.54, 1.807) is 6.20 Å². The average Bonchev–Trinajstić information content (AvgIpc) is 3.17. The third-order valence-electron chi connectivity index (χ3n) is 4.10. The van der Waals surface area contributed by atoms with Crippen molar-refractivity contribution in [2.45, 2.75) is 6.36 Å². The highest BCUT2D eigenvalue weighted by Gasteiger charge is 2.32. The largest absolute Gasteiger partial charge is 0.573 e. The van der Waals surface area contributed by atoms with Crippen molar-refractivity contribution < 1.29 is 27.0 Å². The zero-order valence-electron chi connectivity index (χ0n) is 15.5. The molecule has 0 aliphatic heterocycles. The first-order chi connectivity index (χ1) is 14.8. The summed E-state index contributed by atoms with van der Waals surface area (Å²) in [7, 11) is 0. The van der Waals surface area contributed by atoms with Gasteiger partial charge in [-0.2, -0.15) is 5.26 Å². The highest BCUT2D eigenvalue weighted by atomic mass is 19.4. The van der Waals surface area contributed by atoms with Gasteiger partial charge < -0.3 is 19.8 Å². The Bertz CT molecular complexity index is 1290. The number of hydrogen-bond donors (Lipinski definition) is 2. The number of anilines is 2. The van der Waals surface area contributed by atoms with Gasteiger partial charge in [0.2, 0.25) is 0 Å². The van der Waals surface area contributed by atoms with Crippen molar-refractivity contribution in [3.8, 4) is 23.3 Å². The summed E-state index contributed by atoms with van der Waals surface area (Å²) in [6, 6.07) is 14.8. The van der Waals surface area contributed by atoms with E-state index in [1.165, 1.54) is 12.1 Å². The van der Waals surface area contributed by atoms with E-state index in [-0.39, 0.29) is 23.0 Å². The lowest BCUT2D eigenvalue weighted by Crippen LogP contribution is -2.17. The highest BCUT2D eigenvalue weighted by molar-refractivity contribution is 5.83.